The smallest absolute Gasteiger partial charge is 0.122 e. The van der Waals surface area contributed by atoms with E-state index >= 15 is 0 Å². The molecular weight excluding hydrogens is 248 g/mol. The zero-order valence-electron chi connectivity index (χ0n) is 12.9. The van der Waals surface area contributed by atoms with Crippen molar-refractivity contribution in [2.24, 2.45) is 0 Å². The van der Waals surface area contributed by atoms with Gasteiger partial charge in [-0.2, -0.15) is 5.26 Å². The van der Waals surface area contributed by atoms with Crippen molar-refractivity contribution < 1.29 is 4.74 Å². The minimum atomic E-state index is -0.499. The molecule has 0 heterocycles. The monoisotopic (exact) mass is 274 g/mol. The van der Waals surface area contributed by atoms with Gasteiger partial charge in [0, 0.05) is 5.69 Å². The number of hydrogen-bond donors (Lipinski definition) is 1. The Hall–Kier alpha value is -1.69. The molecule has 0 fully saturated rings. The molecule has 1 unspecified atom stereocenters. The molecule has 0 aromatic heterocycles. The predicted octanol–water partition coefficient (Wildman–Crippen LogP) is 4.75. The molecule has 0 aliphatic carbocycles. The summed E-state index contributed by atoms with van der Waals surface area (Å²) in [6, 6.07) is 10.1. The van der Waals surface area contributed by atoms with Gasteiger partial charge >= 0.3 is 0 Å². The minimum absolute atomic E-state index is 0.499. The maximum atomic E-state index is 9.41. The number of unbranched alkanes of at least 4 members (excludes halogenated alkanes) is 4. The summed E-state index contributed by atoms with van der Waals surface area (Å²) in [6.07, 6.45) is 6.97. The average molecular weight is 274 g/mol. The first kappa shape index (κ1) is 16.4. The van der Waals surface area contributed by atoms with Crippen molar-refractivity contribution in [1.29, 1.82) is 5.26 Å². The number of nitrogens with zero attached hydrogens (tertiary/aromatic N) is 1. The van der Waals surface area contributed by atoms with Crippen LogP contribution in [0.5, 0.6) is 5.75 Å². The highest BCUT2D eigenvalue weighted by Gasteiger charge is 2.22. The summed E-state index contributed by atoms with van der Waals surface area (Å²) in [5, 5.41) is 12.7. The maximum absolute atomic E-state index is 9.41. The van der Waals surface area contributed by atoms with Gasteiger partial charge in [0.1, 0.15) is 11.3 Å². The van der Waals surface area contributed by atoms with Crippen LogP contribution in [-0.4, -0.2) is 12.6 Å². The van der Waals surface area contributed by atoms with Crippen LogP contribution in [0.1, 0.15) is 52.4 Å². The van der Waals surface area contributed by atoms with Gasteiger partial charge in [-0.05, 0) is 37.6 Å². The van der Waals surface area contributed by atoms with E-state index in [2.05, 4.69) is 18.3 Å². The van der Waals surface area contributed by atoms with Gasteiger partial charge in [-0.3, -0.25) is 0 Å². The van der Waals surface area contributed by atoms with Crippen molar-refractivity contribution in [3.05, 3.63) is 24.3 Å². The molecular formula is C17H26N2O. The van der Waals surface area contributed by atoms with Gasteiger partial charge in [-0.1, -0.05) is 39.0 Å². The molecule has 1 rings (SSSR count). The third-order valence-corrected chi connectivity index (χ3v) is 3.54. The van der Waals surface area contributed by atoms with Gasteiger partial charge in [0.2, 0.25) is 0 Å². The normalized spacial score (nSPS) is 13.3. The van der Waals surface area contributed by atoms with Gasteiger partial charge < -0.3 is 10.1 Å². The van der Waals surface area contributed by atoms with E-state index in [1.54, 1.807) is 7.11 Å². The summed E-state index contributed by atoms with van der Waals surface area (Å²) < 4.78 is 5.14. The van der Waals surface area contributed by atoms with Gasteiger partial charge in [-0.15, -0.1) is 0 Å². The zero-order valence-corrected chi connectivity index (χ0v) is 12.9. The highest BCUT2D eigenvalue weighted by molar-refractivity contribution is 5.49. The van der Waals surface area contributed by atoms with Crippen molar-refractivity contribution in [3.63, 3.8) is 0 Å². The number of rotatable bonds is 9. The van der Waals surface area contributed by atoms with E-state index in [0.29, 0.717) is 0 Å². The number of anilines is 1. The molecule has 0 amide bonds. The van der Waals surface area contributed by atoms with Gasteiger partial charge in [0.15, 0.2) is 0 Å². The Labute approximate surface area is 123 Å². The molecule has 3 heteroatoms. The first-order valence-corrected chi connectivity index (χ1v) is 7.47. The zero-order chi connectivity index (χ0) is 14.8. The fourth-order valence-corrected chi connectivity index (χ4v) is 2.22. The molecule has 0 saturated carbocycles. The van der Waals surface area contributed by atoms with Crippen LogP contribution in [0.25, 0.3) is 0 Å². The van der Waals surface area contributed by atoms with E-state index < -0.39 is 5.54 Å². The van der Waals surface area contributed by atoms with E-state index in [9.17, 15) is 5.26 Å². The van der Waals surface area contributed by atoms with E-state index in [4.69, 9.17) is 4.74 Å². The largest absolute Gasteiger partial charge is 0.497 e. The molecule has 1 aromatic rings. The Morgan fingerprint density at radius 3 is 2.35 bits per heavy atom. The number of ether oxygens (including phenoxy) is 1. The van der Waals surface area contributed by atoms with Crippen LogP contribution < -0.4 is 10.1 Å². The summed E-state index contributed by atoms with van der Waals surface area (Å²) >= 11 is 0. The number of methoxy groups -OCH3 is 1. The summed E-state index contributed by atoms with van der Waals surface area (Å²) in [7, 11) is 1.65. The fraction of sp³-hybridized carbons (Fsp3) is 0.588. The Balaban J connectivity index is 2.49. The lowest BCUT2D eigenvalue weighted by molar-refractivity contribution is 0.415. The van der Waals surface area contributed by atoms with E-state index in [1.165, 1.54) is 25.7 Å². The third kappa shape index (κ3) is 5.52. The van der Waals surface area contributed by atoms with Gasteiger partial charge in [0.05, 0.1) is 13.2 Å². The molecule has 0 aliphatic rings. The molecule has 0 spiro atoms. The molecule has 1 aromatic carbocycles. The predicted molar refractivity (Wildman–Crippen MR) is 84.0 cm³/mol. The Morgan fingerprint density at radius 2 is 1.80 bits per heavy atom. The van der Waals surface area contributed by atoms with Crippen LogP contribution in [0.4, 0.5) is 5.69 Å². The fourth-order valence-electron chi connectivity index (χ4n) is 2.22. The number of hydrogen-bond acceptors (Lipinski definition) is 3. The van der Waals surface area contributed by atoms with Crippen LogP contribution in [0.3, 0.4) is 0 Å². The van der Waals surface area contributed by atoms with Crippen LogP contribution in [0, 0.1) is 11.3 Å². The lowest BCUT2D eigenvalue weighted by atomic mass is 9.95. The SMILES string of the molecule is CCCCCCCC(C)(C#N)Nc1ccc(OC)cc1. The van der Waals surface area contributed by atoms with Crippen molar-refractivity contribution >= 4 is 5.69 Å². The summed E-state index contributed by atoms with van der Waals surface area (Å²) in [5.41, 5.74) is 0.462. The molecule has 0 radical (unpaired) electrons. The van der Waals surface area contributed by atoms with Crippen molar-refractivity contribution in [1.82, 2.24) is 0 Å². The molecule has 0 saturated heterocycles. The quantitative estimate of drug-likeness (QED) is 0.661. The molecule has 0 bridgehead atoms. The lowest BCUT2D eigenvalue weighted by Gasteiger charge is -2.24. The lowest BCUT2D eigenvalue weighted by Crippen LogP contribution is -2.32. The molecule has 3 nitrogen and oxygen atoms in total. The molecule has 110 valence electrons. The summed E-state index contributed by atoms with van der Waals surface area (Å²) in [4.78, 5) is 0. The van der Waals surface area contributed by atoms with Crippen LogP contribution in [0.15, 0.2) is 24.3 Å². The van der Waals surface area contributed by atoms with Crippen molar-refractivity contribution in [2.45, 2.75) is 57.9 Å². The first-order valence-electron chi connectivity index (χ1n) is 7.47. The summed E-state index contributed by atoms with van der Waals surface area (Å²) in [6.45, 7) is 4.18. The number of nitriles is 1. The van der Waals surface area contributed by atoms with Crippen LogP contribution in [0.2, 0.25) is 0 Å². The van der Waals surface area contributed by atoms with Gasteiger partial charge in [-0.25, -0.2) is 0 Å². The second kappa shape index (κ2) is 8.47. The maximum Gasteiger partial charge on any atom is 0.122 e. The minimum Gasteiger partial charge on any atom is -0.497 e. The molecule has 1 atom stereocenters. The van der Waals surface area contributed by atoms with Gasteiger partial charge in [0.25, 0.3) is 0 Å². The first-order chi connectivity index (χ1) is 9.63. The standard InChI is InChI=1S/C17H26N2O/c1-4-5-6-7-8-13-17(2,14-18)19-15-9-11-16(20-3)12-10-15/h9-12,19H,4-8,13H2,1-3H3. The summed E-state index contributed by atoms with van der Waals surface area (Å²) in [5.74, 6) is 0.828. The third-order valence-electron chi connectivity index (χ3n) is 3.54. The Kier molecular flexibility index (Phi) is 6.93. The molecule has 20 heavy (non-hydrogen) atoms. The van der Waals surface area contributed by atoms with E-state index in [-0.39, 0.29) is 0 Å². The van der Waals surface area contributed by atoms with Crippen molar-refractivity contribution in [2.75, 3.05) is 12.4 Å². The Bertz CT molecular complexity index is 422. The number of nitrogens with one attached hydrogen (secondary N) is 1. The Morgan fingerprint density at radius 1 is 1.15 bits per heavy atom. The highest BCUT2D eigenvalue weighted by Crippen LogP contribution is 2.23. The average Bonchev–Trinajstić information content (AvgIpc) is 2.48. The molecule has 0 aliphatic heterocycles. The van der Waals surface area contributed by atoms with Crippen LogP contribution >= 0.6 is 0 Å². The molecule has 1 N–H and O–H groups in total. The number of benzene rings is 1. The highest BCUT2D eigenvalue weighted by atomic mass is 16.5. The van der Waals surface area contributed by atoms with E-state index in [0.717, 1.165) is 24.3 Å². The van der Waals surface area contributed by atoms with Crippen molar-refractivity contribution in [3.8, 4) is 11.8 Å². The van der Waals surface area contributed by atoms with Crippen LogP contribution in [-0.2, 0) is 0 Å². The second-order valence-electron chi connectivity index (χ2n) is 5.46. The van der Waals surface area contributed by atoms with E-state index in [1.807, 2.05) is 31.2 Å². The topological polar surface area (TPSA) is 45.0 Å². The second-order valence-corrected chi connectivity index (χ2v) is 5.46.